The Morgan fingerprint density at radius 2 is 2.35 bits per heavy atom. The normalized spacial score (nSPS) is 12.8. The number of nitrogens with zero attached hydrogens (tertiary/aromatic N) is 1. The van der Waals surface area contributed by atoms with Crippen molar-refractivity contribution in [2.75, 3.05) is 13.7 Å². The molecular weight excluding hydrogens is 233 g/mol. The van der Waals surface area contributed by atoms with Gasteiger partial charge in [0.1, 0.15) is 11.4 Å². The average molecular weight is 241 g/mol. The number of fused-ring (bicyclic) bond motifs is 1. The number of esters is 1. The molecule has 17 heavy (non-hydrogen) atoms. The van der Waals surface area contributed by atoms with Crippen LogP contribution in [0.25, 0.3) is 0 Å². The number of ether oxygens (including phenoxy) is 2. The van der Waals surface area contributed by atoms with Crippen LogP contribution < -0.4 is 4.74 Å². The summed E-state index contributed by atoms with van der Waals surface area (Å²) in [6.45, 7) is 0.164. The van der Waals surface area contributed by atoms with Gasteiger partial charge < -0.3 is 9.47 Å². The SMILES string of the molecule is COC(=O)c1cc([N+](=O)[O-])c2c(c1F)CCO2. The molecule has 0 aromatic heterocycles. The zero-order valence-electron chi connectivity index (χ0n) is 8.86. The van der Waals surface area contributed by atoms with E-state index in [9.17, 15) is 19.3 Å². The highest BCUT2D eigenvalue weighted by atomic mass is 19.1. The lowest BCUT2D eigenvalue weighted by molar-refractivity contribution is -0.385. The Labute approximate surface area is 95.1 Å². The molecule has 0 saturated carbocycles. The van der Waals surface area contributed by atoms with Gasteiger partial charge in [0.05, 0.1) is 18.6 Å². The lowest BCUT2D eigenvalue weighted by atomic mass is 10.1. The number of methoxy groups -OCH3 is 1. The smallest absolute Gasteiger partial charge is 0.341 e. The largest absolute Gasteiger partial charge is 0.486 e. The van der Waals surface area contributed by atoms with Crippen molar-refractivity contribution in [3.63, 3.8) is 0 Å². The standard InChI is InChI=1S/C10H8FNO5/c1-16-10(13)6-4-7(12(14)15)9-5(8(6)11)2-3-17-9/h4H,2-3H2,1H3. The van der Waals surface area contributed by atoms with Crippen LogP contribution in [0.4, 0.5) is 10.1 Å². The molecule has 1 aromatic rings. The van der Waals surface area contributed by atoms with Gasteiger partial charge in [-0.25, -0.2) is 9.18 Å². The van der Waals surface area contributed by atoms with E-state index in [4.69, 9.17) is 4.74 Å². The minimum Gasteiger partial charge on any atom is -0.486 e. The zero-order chi connectivity index (χ0) is 12.6. The predicted octanol–water partition coefficient (Wildman–Crippen LogP) is 1.46. The molecule has 1 aliphatic rings. The first kappa shape index (κ1) is 11.3. The van der Waals surface area contributed by atoms with E-state index in [1.807, 2.05) is 0 Å². The number of nitro benzene ring substituents is 1. The molecule has 1 heterocycles. The number of carbonyl (C=O) groups is 1. The van der Waals surface area contributed by atoms with E-state index in [1.54, 1.807) is 0 Å². The zero-order valence-corrected chi connectivity index (χ0v) is 8.86. The van der Waals surface area contributed by atoms with Crippen molar-refractivity contribution in [2.45, 2.75) is 6.42 Å². The molecule has 6 nitrogen and oxygen atoms in total. The summed E-state index contributed by atoms with van der Waals surface area (Å²) < 4.78 is 23.2. The molecule has 0 spiro atoms. The fourth-order valence-corrected chi connectivity index (χ4v) is 1.72. The third-order valence-corrected chi connectivity index (χ3v) is 2.49. The Balaban J connectivity index is 2.68. The molecule has 0 unspecified atom stereocenters. The Bertz CT molecular complexity index is 514. The molecule has 0 amide bonds. The molecule has 90 valence electrons. The van der Waals surface area contributed by atoms with Gasteiger partial charge in [0, 0.05) is 18.1 Å². The predicted molar refractivity (Wildman–Crippen MR) is 53.6 cm³/mol. The van der Waals surface area contributed by atoms with Crippen LogP contribution in [0, 0.1) is 15.9 Å². The van der Waals surface area contributed by atoms with Gasteiger partial charge in [0.15, 0.2) is 0 Å². The second-order valence-electron chi connectivity index (χ2n) is 3.41. The fourth-order valence-electron chi connectivity index (χ4n) is 1.72. The summed E-state index contributed by atoms with van der Waals surface area (Å²) in [7, 11) is 1.08. The number of carbonyl (C=O) groups excluding carboxylic acids is 1. The summed E-state index contributed by atoms with van der Waals surface area (Å²) >= 11 is 0. The maximum atomic E-state index is 13.9. The molecule has 0 saturated heterocycles. The first-order valence-corrected chi connectivity index (χ1v) is 4.77. The minimum absolute atomic E-state index is 0.0552. The average Bonchev–Trinajstić information content (AvgIpc) is 2.77. The van der Waals surface area contributed by atoms with E-state index < -0.39 is 28.0 Å². The first-order valence-electron chi connectivity index (χ1n) is 4.77. The van der Waals surface area contributed by atoms with Gasteiger partial charge in [0.25, 0.3) is 0 Å². The number of benzene rings is 1. The van der Waals surface area contributed by atoms with Crippen LogP contribution in [0.2, 0.25) is 0 Å². The third kappa shape index (κ3) is 1.69. The van der Waals surface area contributed by atoms with Gasteiger partial charge in [-0.05, 0) is 0 Å². The van der Waals surface area contributed by atoms with Crippen molar-refractivity contribution in [3.8, 4) is 5.75 Å². The fraction of sp³-hybridized carbons (Fsp3) is 0.300. The monoisotopic (exact) mass is 241 g/mol. The van der Waals surface area contributed by atoms with Gasteiger partial charge in [-0.2, -0.15) is 0 Å². The third-order valence-electron chi connectivity index (χ3n) is 2.49. The van der Waals surface area contributed by atoms with E-state index in [1.165, 1.54) is 0 Å². The second kappa shape index (κ2) is 4.00. The van der Waals surface area contributed by atoms with Crippen molar-refractivity contribution in [1.82, 2.24) is 0 Å². The molecule has 1 aromatic carbocycles. The summed E-state index contributed by atoms with van der Waals surface area (Å²) in [6, 6.07) is 0.839. The van der Waals surface area contributed by atoms with Gasteiger partial charge in [-0.15, -0.1) is 0 Å². The van der Waals surface area contributed by atoms with Crippen LogP contribution in [0.1, 0.15) is 15.9 Å². The Morgan fingerprint density at radius 3 is 2.94 bits per heavy atom. The van der Waals surface area contributed by atoms with E-state index in [2.05, 4.69) is 4.74 Å². The van der Waals surface area contributed by atoms with E-state index >= 15 is 0 Å². The minimum atomic E-state index is -0.944. The second-order valence-corrected chi connectivity index (χ2v) is 3.41. The molecule has 0 aliphatic carbocycles. The summed E-state index contributed by atoms with van der Waals surface area (Å²) in [5.74, 6) is -1.85. The van der Waals surface area contributed by atoms with Crippen molar-refractivity contribution in [1.29, 1.82) is 0 Å². The number of hydrogen-bond donors (Lipinski definition) is 0. The topological polar surface area (TPSA) is 78.7 Å². The van der Waals surface area contributed by atoms with Gasteiger partial charge in [0.2, 0.25) is 5.75 Å². The van der Waals surface area contributed by atoms with E-state index in [0.29, 0.717) is 0 Å². The molecule has 7 heteroatoms. The molecule has 0 bridgehead atoms. The maximum absolute atomic E-state index is 13.9. The van der Waals surface area contributed by atoms with Crippen LogP contribution in [0.5, 0.6) is 5.75 Å². The lowest BCUT2D eigenvalue weighted by Gasteiger charge is -2.06. The maximum Gasteiger partial charge on any atom is 0.341 e. The number of hydrogen-bond acceptors (Lipinski definition) is 5. The lowest BCUT2D eigenvalue weighted by Crippen LogP contribution is -2.07. The summed E-state index contributed by atoms with van der Waals surface area (Å²) in [6.07, 6.45) is 0.201. The number of nitro groups is 1. The molecule has 2 rings (SSSR count). The van der Waals surface area contributed by atoms with Crippen molar-refractivity contribution in [3.05, 3.63) is 33.1 Å². The highest BCUT2D eigenvalue weighted by Gasteiger charge is 2.32. The molecule has 0 fully saturated rings. The van der Waals surface area contributed by atoms with Crippen molar-refractivity contribution < 1.29 is 23.6 Å². The molecule has 0 N–H and O–H groups in total. The van der Waals surface area contributed by atoms with E-state index in [-0.39, 0.29) is 24.3 Å². The van der Waals surface area contributed by atoms with Crippen LogP contribution >= 0.6 is 0 Å². The summed E-state index contributed by atoms with van der Waals surface area (Å²) in [5, 5.41) is 10.8. The molecule has 0 atom stereocenters. The highest BCUT2D eigenvalue weighted by Crippen LogP contribution is 2.38. The summed E-state index contributed by atoms with van der Waals surface area (Å²) in [5.41, 5.74) is -0.803. The van der Waals surface area contributed by atoms with Crippen molar-refractivity contribution in [2.24, 2.45) is 0 Å². The van der Waals surface area contributed by atoms with Gasteiger partial charge in [-0.1, -0.05) is 0 Å². The number of halogens is 1. The Kier molecular flexibility index (Phi) is 2.66. The number of rotatable bonds is 2. The highest BCUT2D eigenvalue weighted by molar-refractivity contribution is 5.91. The quantitative estimate of drug-likeness (QED) is 0.445. The first-order chi connectivity index (χ1) is 8.06. The summed E-state index contributed by atoms with van der Waals surface area (Å²) in [4.78, 5) is 21.4. The van der Waals surface area contributed by atoms with Crippen LogP contribution in [-0.2, 0) is 11.2 Å². The van der Waals surface area contributed by atoms with Gasteiger partial charge in [-0.3, -0.25) is 10.1 Å². The molecule has 0 radical (unpaired) electrons. The van der Waals surface area contributed by atoms with Gasteiger partial charge >= 0.3 is 11.7 Å². The van der Waals surface area contributed by atoms with Crippen molar-refractivity contribution >= 4 is 11.7 Å². The van der Waals surface area contributed by atoms with Crippen LogP contribution in [0.15, 0.2) is 6.07 Å². The Hall–Kier alpha value is -2.18. The van der Waals surface area contributed by atoms with E-state index in [0.717, 1.165) is 13.2 Å². The molecular formula is C10H8FNO5. The molecule has 1 aliphatic heterocycles. The Morgan fingerprint density at radius 1 is 1.65 bits per heavy atom. The van der Waals surface area contributed by atoms with Crippen LogP contribution in [0.3, 0.4) is 0 Å². The van der Waals surface area contributed by atoms with Crippen LogP contribution in [-0.4, -0.2) is 24.6 Å².